The predicted octanol–water partition coefficient (Wildman–Crippen LogP) is 4.80. The highest BCUT2D eigenvalue weighted by atomic mass is 19.1. The molecule has 2 aromatic rings. The summed E-state index contributed by atoms with van der Waals surface area (Å²) in [5.74, 6) is -0.00748. The van der Waals surface area contributed by atoms with Crippen LogP contribution in [0.4, 0.5) is 19.3 Å². The van der Waals surface area contributed by atoms with Gasteiger partial charge in [0.1, 0.15) is 42.1 Å². The van der Waals surface area contributed by atoms with Crippen LogP contribution in [0.3, 0.4) is 0 Å². The third-order valence-corrected chi connectivity index (χ3v) is 7.48. The Morgan fingerprint density at radius 3 is 2.51 bits per heavy atom. The number of hydrogen-bond donors (Lipinski definition) is 1. The first kappa shape index (κ1) is 24.2. The van der Waals surface area contributed by atoms with E-state index < -0.39 is 11.6 Å². The molecule has 2 atom stereocenters. The minimum atomic E-state index is -0.444. The van der Waals surface area contributed by atoms with E-state index in [1.807, 2.05) is 13.8 Å². The molecule has 3 aliphatic rings. The molecule has 8 heteroatoms. The lowest BCUT2D eigenvalue weighted by atomic mass is 9.97. The number of rotatable bonds is 6. The van der Waals surface area contributed by atoms with Crippen molar-refractivity contribution in [3.8, 4) is 5.75 Å². The van der Waals surface area contributed by atoms with E-state index in [1.54, 1.807) is 23.1 Å². The number of carbonyl (C=O) groups is 1. The van der Waals surface area contributed by atoms with E-state index in [-0.39, 0.29) is 22.3 Å². The fraction of sp³-hybridized carbons (Fsp3) is 0.519. The molecule has 0 radical (unpaired) electrons. The zero-order chi connectivity index (χ0) is 24.8. The molecule has 5 rings (SSSR count). The normalized spacial score (nSPS) is 26.1. The lowest BCUT2D eigenvalue weighted by Gasteiger charge is -2.42. The van der Waals surface area contributed by atoms with Gasteiger partial charge in [-0.05, 0) is 56.7 Å². The second-order valence-corrected chi connectivity index (χ2v) is 10.6. The van der Waals surface area contributed by atoms with E-state index in [1.165, 1.54) is 18.2 Å². The average molecular weight is 486 g/mol. The topological polar surface area (TPSA) is 44.8 Å². The quantitative estimate of drug-likeness (QED) is 0.598. The summed E-state index contributed by atoms with van der Waals surface area (Å²) in [5, 5.41) is 5.64. The number of hydrogen-bond acceptors (Lipinski definition) is 4. The maximum Gasteiger partial charge on any atom is 0.444 e. The first-order chi connectivity index (χ1) is 16.7. The number of urea groups is 1. The molecule has 1 N–H and O–H groups in total. The molecule has 6 nitrogen and oxygen atoms in total. The summed E-state index contributed by atoms with van der Waals surface area (Å²) in [4.78, 5) is 16.2. The van der Waals surface area contributed by atoms with Crippen LogP contribution in [0, 0.1) is 11.6 Å². The Hall–Kier alpha value is -2.55. The second kappa shape index (κ2) is 9.15. The van der Waals surface area contributed by atoms with Crippen LogP contribution in [0.5, 0.6) is 5.75 Å². The fourth-order valence-corrected chi connectivity index (χ4v) is 5.88. The molecular formula is C27H35F2N4O2+. The SMILES string of the molecule is CCCC[N+]1(N2CCNCC2)CC(c2cc(F)cc3c2OC(C)(C)C3)N(c2ccc(F)cc2)C1=O. The third kappa shape index (κ3) is 4.32. The maximum absolute atomic E-state index is 14.9. The van der Waals surface area contributed by atoms with E-state index >= 15 is 0 Å². The number of unbranched alkanes of at least 4 members (excludes halogenated alkanes) is 1. The molecule has 0 saturated carbocycles. The van der Waals surface area contributed by atoms with Crippen molar-refractivity contribution in [1.82, 2.24) is 10.3 Å². The third-order valence-electron chi connectivity index (χ3n) is 7.48. The Morgan fingerprint density at radius 1 is 1.11 bits per heavy atom. The number of piperazine rings is 1. The Bertz CT molecular complexity index is 1100. The van der Waals surface area contributed by atoms with Crippen LogP contribution in [-0.2, 0) is 6.42 Å². The summed E-state index contributed by atoms with van der Waals surface area (Å²) in [6.07, 6.45) is 2.47. The van der Waals surface area contributed by atoms with E-state index in [4.69, 9.17) is 4.74 Å². The molecule has 2 amide bonds. The van der Waals surface area contributed by atoms with Crippen molar-refractivity contribution >= 4 is 11.7 Å². The summed E-state index contributed by atoms with van der Waals surface area (Å²) in [6.45, 7) is 10.4. The minimum Gasteiger partial charge on any atom is -0.487 e. The van der Waals surface area contributed by atoms with Gasteiger partial charge >= 0.3 is 6.03 Å². The Kier molecular flexibility index (Phi) is 6.32. The molecule has 35 heavy (non-hydrogen) atoms. The molecule has 3 heterocycles. The molecule has 0 aliphatic carbocycles. The Balaban J connectivity index is 1.65. The van der Waals surface area contributed by atoms with E-state index in [9.17, 15) is 13.6 Å². The number of halogens is 2. The van der Waals surface area contributed by atoms with Gasteiger partial charge in [0.15, 0.2) is 0 Å². The maximum atomic E-state index is 14.9. The molecule has 0 spiro atoms. The van der Waals surface area contributed by atoms with Crippen LogP contribution < -0.4 is 15.0 Å². The van der Waals surface area contributed by atoms with Crippen molar-refractivity contribution in [2.24, 2.45) is 0 Å². The van der Waals surface area contributed by atoms with Crippen LogP contribution in [0.2, 0.25) is 0 Å². The fourth-order valence-electron chi connectivity index (χ4n) is 5.88. The number of carbonyl (C=O) groups excluding carboxylic acids is 1. The summed E-state index contributed by atoms with van der Waals surface area (Å²) >= 11 is 0. The van der Waals surface area contributed by atoms with Gasteiger partial charge < -0.3 is 10.1 Å². The minimum absolute atomic E-state index is 0.0489. The highest BCUT2D eigenvalue weighted by Gasteiger charge is 2.58. The summed E-state index contributed by atoms with van der Waals surface area (Å²) in [7, 11) is 0. The van der Waals surface area contributed by atoms with Gasteiger partial charge in [0.05, 0.1) is 18.8 Å². The first-order valence-electron chi connectivity index (χ1n) is 12.7. The van der Waals surface area contributed by atoms with Crippen molar-refractivity contribution < 1.29 is 22.9 Å². The Morgan fingerprint density at radius 2 is 1.83 bits per heavy atom. The van der Waals surface area contributed by atoms with Crippen molar-refractivity contribution in [3.63, 3.8) is 0 Å². The molecule has 2 aromatic carbocycles. The number of benzene rings is 2. The molecule has 0 bridgehead atoms. The molecular weight excluding hydrogens is 450 g/mol. The van der Waals surface area contributed by atoms with Crippen molar-refractivity contribution in [1.29, 1.82) is 0 Å². The molecule has 188 valence electrons. The lowest BCUT2D eigenvalue weighted by molar-refractivity contribution is -0.960. The van der Waals surface area contributed by atoms with Crippen molar-refractivity contribution in [2.45, 2.75) is 51.7 Å². The van der Waals surface area contributed by atoms with E-state index in [2.05, 4.69) is 17.2 Å². The van der Waals surface area contributed by atoms with Crippen molar-refractivity contribution in [2.75, 3.05) is 44.2 Å². The number of anilines is 1. The smallest absolute Gasteiger partial charge is 0.444 e. The largest absolute Gasteiger partial charge is 0.487 e. The van der Waals surface area contributed by atoms with Crippen molar-refractivity contribution in [3.05, 3.63) is 59.2 Å². The average Bonchev–Trinajstić information content (AvgIpc) is 3.31. The number of amides is 2. The monoisotopic (exact) mass is 485 g/mol. The number of fused-ring (bicyclic) bond motifs is 1. The van der Waals surface area contributed by atoms with Gasteiger partial charge in [-0.25, -0.2) is 18.5 Å². The van der Waals surface area contributed by atoms with E-state index in [0.717, 1.165) is 44.6 Å². The van der Waals surface area contributed by atoms with Gasteiger partial charge in [-0.3, -0.25) is 0 Å². The molecule has 0 aromatic heterocycles. The highest BCUT2D eigenvalue weighted by Crippen LogP contribution is 2.47. The summed E-state index contributed by atoms with van der Waals surface area (Å²) in [5.41, 5.74) is 1.69. The molecule has 2 fully saturated rings. The standard InChI is InChI=1S/C27H35F2N4O2/c1-4-5-14-33(31-12-10-30-11-13-31)18-24(32(26(33)34)22-8-6-20(28)7-9-22)23-16-21(29)15-19-17-27(2,3)35-25(19)23/h6-9,15-16,24,30H,4-5,10-14,17-18H2,1-3H3/q+1. The van der Waals surface area contributed by atoms with Gasteiger partial charge in [0.2, 0.25) is 0 Å². The summed E-state index contributed by atoms with van der Waals surface area (Å²) < 4.78 is 35.3. The predicted molar refractivity (Wildman–Crippen MR) is 131 cm³/mol. The van der Waals surface area contributed by atoms with Gasteiger partial charge in [0.25, 0.3) is 0 Å². The first-order valence-corrected chi connectivity index (χ1v) is 12.7. The number of ether oxygens (including phenoxy) is 1. The zero-order valence-corrected chi connectivity index (χ0v) is 20.8. The molecule has 3 aliphatic heterocycles. The van der Waals surface area contributed by atoms with Crippen LogP contribution >= 0.6 is 0 Å². The molecule has 2 unspecified atom stereocenters. The summed E-state index contributed by atoms with van der Waals surface area (Å²) in [6, 6.07) is 8.61. The number of nitrogens with zero attached hydrogens (tertiary/aromatic N) is 3. The van der Waals surface area contributed by atoms with Gasteiger partial charge in [-0.1, -0.05) is 13.3 Å². The van der Waals surface area contributed by atoms with Crippen LogP contribution in [-0.4, -0.2) is 60.5 Å². The van der Waals surface area contributed by atoms with Crippen LogP contribution in [0.25, 0.3) is 0 Å². The lowest BCUT2D eigenvalue weighted by Crippen LogP contribution is -2.66. The molecule has 2 saturated heterocycles. The number of quaternary nitrogens is 1. The Labute approximate surface area is 206 Å². The van der Waals surface area contributed by atoms with E-state index in [0.29, 0.717) is 36.5 Å². The zero-order valence-electron chi connectivity index (χ0n) is 20.8. The van der Waals surface area contributed by atoms with Gasteiger partial charge in [-0.2, -0.15) is 4.59 Å². The highest BCUT2D eigenvalue weighted by molar-refractivity contribution is 5.90. The van der Waals surface area contributed by atoms with Gasteiger partial charge in [0, 0.05) is 30.6 Å². The number of nitrogens with one attached hydrogen (secondary N) is 1. The van der Waals surface area contributed by atoms with Gasteiger partial charge in [-0.15, -0.1) is 5.01 Å². The van der Waals surface area contributed by atoms with Crippen LogP contribution in [0.15, 0.2) is 36.4 Å². The second-order valence-electron chi connectivity index (χ2n) is 10.6. The van der Waals surface area contributed by atoms with Crippen LogP contribution in [0.1, 0.15) is 50.8 Å².